The fourth-order valence-electron chi connectivity index (χ4n) is 1.77. The van der Waals surface area contributed by atoms with Crippen molar-refractivity contribution in [1.29, 1.82) is 0 Å². The van der Waals surface area contributed by atoms with Crippen molar-refractivity contribution in [2.75, 3.05) is 13.7 Å². The van der Waals surface area contributed by atoms with Crippen LogP contribution in [0.25, 0.3) is 0 Å². The lowest BCUT2D eigenvalue weighted by Crippen LogP contribution is -2.48. The summed E-state index contributed by atoms with van der Waals surface area (Å²) in [5.74, 6) is -0.526. The van der Waals surface area contributed by atoms with E-state index in [9.17, 15) is 14.4 Å². The van der Waals surface area contributed by atoms with Crippen LogP contribution < -0.4 is 20.9 Å². The Morgan fingerprint density at radius 2 is 1.72 bits per heavy atom. The number of benzene rings is 1. The number of carbonyl (C=O) groups is 3. The van der Waals surface area contributed by atoms with E-state index >= 15 is 0 Å². The first-order valence-electron chi connectivity index (χ1n) is 7.61. The number of carbonyl (C=O) groups excluding carboxylic acids is 3. The number of hydrazine groups is 1. The fourth-order valence-corrected chi connectivity index (χ4v) is 1.93. The molecule has 1 rings (SSSR count). The summed E-state index contributed by atoms with van der Waals surface area (Å²) in [7, 11) is 1.56. The third-order valence-electron chi connectivity index (χ3n) is 2.95. The summed E-state index contributed by atoms with van der Waals surface area (Å²) >= 11 is 4.89. The number of nitrogens with one attached hydrogen (secondary N) is 3. The quantitative estimate of drug-likeness (QED) is 0.368. The van der Waals surface area contributed by atoms with Crippen molar-refractivity contribution in [2.45, 2.75) is 26.2 Å². The first kappa shape index (κ1) is 20.4. The van der Waals surface area contributed by atoms with Gasteiger partial charge in [-0.15, -0.1) is 0 Å². The molecule has 0 unspecified atom stereocenters. The highest BCUT2D eigenvalue weighted by Gasteiger charge is 2.10. The second kappa shape index (κ2) is 11.0. The minimum absolute atomic E-state index is 0.0356. The maximum absolute atomic E-state index is 11.8. The summed E-state index contributed by atoms with van der Waals surface area (Å²) in [6.07, 6.45) is 0.0446. The molecule has 0 saturated carbocycles. The highest BCUT2D eigenvalue weighted by atomic mass is 32.1. The van der Waals surface area contributed by atoms with E-state index in [1.165, 1.54) is 0 Å². The lowest BCUT2D eigenvalue weighted by atomic mass is 10.1. The third kappa shape index (κ3) is 8.66. The SMILES string of the molecule is CCOC(=O)CCC(=O)NC(=S)NNC(=O)Cc1ccc(OC)cc1. The van der Waals surface area contributed by atoms with Crippen LogP contribution in [-0.2, 0) is 25.5 Å². The Morgan fingerprint density at radius 3 is 2.32 bits per heavy atom. The van der Waals surface area contributed by atoms with Gasteiger partial charge in [0.2, 0.25) is 11.8 Å². The van der Waals surface area contributed by atoms with Crippen molar-refractivity contribution in [1.82, 2.24) is 16.2 Å². The van der Waals surface area contributed by atoms with E-state index < -0.39 is 11.9 Å². The summed E-state index contributed by atoms with van der Waals surface area (Å²) in [6.45, 7) is 1.95. The zero-order valence-electron chi connectivity index (χ0n) is 14.1. The van der Waals surface area contributed by atoms with E-state index in [0.717, 1.165) is 5.56 Å². The average Bonchev–Trinajstić information content (AvgIpc) is 2.59. The van der Waals surface area contributed by atoms with Crippen LogP contribution in [0.3, 0.4) is 0 Å². The predicted molar refractivity (Wildman–Crippen MR) is 94.6 cm³/mol. The number of hydrogen-bond donors (Lipinski definition) is 3. The van der Waals surface area contributed by atoms with Gasteiger partial charge in [0, 0.05) is 6.42 Å². The van der Waals surface area contributed by atoms with Crippen LogP contribution in [0, 0.1) is 0 Å². The molecule has 0 aliphatic heterocycles. The van der Waals surface area contributed by atoms with E-state index in [4.69, 9.17) is 21.7 Å². The van der Waals surface area contributed by atoms with Gasteiger partial charge < -0.3 is 14.8 Å². The standard InChI is InChI=1S/C16H21N3O5S/c1-3-24-15(22)9-8-13(20)17-16(25)19-18-14(21)10-11-4-6-12(23-2)7-5-11/h4-7H,3,8-10H2,1-2H3,(H,18,21)(H2,17,19,20,25). The molecule has 1 aromatic rings. The van der Waals surface area contributed by atoms with Crippen LogP contribution in [0.15, 0.2) is 24.3 Å². The van der Waals surface area contributed by atoms with Gasteiger partial charge in [0.15, 0.2) is 5.11 Å². The van der Waals surface area contributed by atoms with Gasteiger partial charge in [0.25, 0.3) is 0 Å². The molecular formula is C16H21N3O5S. The molecule has 0 aromatic heterocycles. The van der Waals surface area contributed by atoms with E-state index in [1.54, 1.807) is 38.3 Å². The third-order valence-corrected chi connectivity index (χ3v) is 3.16. The molecule has 0 spiro atoms. The molecule has 0 fully saturated rings. The van der Waals surface area contributed by atoms with Gasteiger partial charge in [-0.25, -0.2) is 0 Å². The maximum Gasteiger partial charge on any atom is 0.306 e. The van der Waals surface area contributed by atoms with Gasteiger partial charge in [-0.1, -0.05) is 12.1 Å². The van der Waals surface area contributed by atoms with E-state index in [0.29, 0.717) is 5.75 Å². The highest BCUT2D eigenvalue weighted by molar-refractivity contribution is 7.80. The van der Waals surface area contributed by atoms with Crippen molar-refractivity contribution in [3.63, 3.8) is 0 Å². The number of amides is 2. The summed E-state index contributed by atoms with van der Waals surface area (Å²) in [4.78, 5) is 34.5. The molecule has 0 aliphatic rings. The molecule has 9 heteroatoms. The van der Waals surface area contributed by atoms with Crippen LogP contribution in [0.5, 0.6) is 5.75 Å². The Morgan fingerprint density at radius 1 is 1.04 bits per heavy atom. The zero-order valence-corrected chi connectivity index (χ0v) is 14.9. The molecule has 8 nitrogen and oxygen atoms in total. The van der Waals surface area contributed by atoms with Gasteiger partial charge in [0.1, 0.15) is 5.75 Å². The maximum atomic E-state index is 11.8. The normalized spacial score (nSPS) is 9.68. The Hall–Kier alpha value is -2.68. The second-order valence-corrected chi connectivity index (χ2v) is 5.29. The van der Waals surface area contributed by atoms with Crippen LogP contribution in [0.1, 0.15) is 25.3 Å². The summed E-state index contributed by atoms with van der Waals surface area (Å²) in [5.41, 5.74) is 5.61. The van der Waals surface area contributed by atoms with Crippen molar-refractivity contribution >= 4 is 35.1 Å². The molecule has 1 aromatic carbocycles. The minimum Gasteiger partial charge on any atom is -0.497 e. The van der Waals surface area contributed by atoms with Crippen LogP contribution >= 0.6 is 12.2 Å². The zero-order chi connectivity index (χ0) is 18.7. The number of hydrogen-bond acceptors (Lipinski definition) is 6. The molecule has 136 valence electrons. The Labute approximate surface area is 151 Å². The molecule has 0 aliphatic carbocycles. The Bertz CT molecular complexity index is 619. The molecule has 2 amide bonds. The smallest absolute Gasteiger partial charge is 0.306 e. The predicted octanol–water partition coefficient (Wildman–Crippen LogP) is 0.603. The molecule has 3 N–H and O–H groups in total. The molecule has 0 saturated heterocycles. The number of esters is 1. The van der Waals surface area contributed by atoms with Crippen molar-refractivity contribution in [3.8, 4) is 5.75 Å². The summed E-state index contributed by atoms with van der Waals surface area (Å²) < 4.78 is 9.75. The number of rotatable bonds is 7. The topological polar surface area (TPSA) is 106 Å². The van der Waals surface area contributed by atoms with Crippen molar-refractivity contribution in [2.24, 2.45) is 0 Å². The van der Waals surface area contributed by atoms with E-state index in [2.05, 4.69) is 16.2 Å². The van der Waals surface area contributed by atoms with Gasteiger partial charge in [-0.05, 0) is 36.8 Å². The van der Waals surface area contributed by atoms with Gasteiger partial charge in [-0.3, -0.25) is 25.2 Å². The lowest BCUT2D eigenvalue weighted by Gasteiger charge is -2.11. The van der Waals surface area contributed by atoms with Crippen LogP contribution in [0.2, 0.25) is 0 Å². The van der Waals surface area contributed by atoms with Crippen molar-refractivity contribution < 1.29 is 23.9 Å². The number of thiocarbonyl (C=S) groups is 1. The highest BCUT2D eigenvalue weighted by Crippen LogP contribution is 2.11. The van der Waals surface area contributed by atoms with E-state index in [-0.39, 0.29) is 36.9 Å². The molecule has 0 atom stereocenters. The van der Waals surface area contributed by atoms with Crippen LogP contribution in [0.4, 0.5) is 0 Å². The minimum atomic E-state index is -0.454. The monoisotopic (exact) mass is 367 g/mol. The molecule has 0 radical (unpaired) electrons. The first-order valence-corrected chi connectivity index (χ1v) is 8.02. The average molecular weight is 367 g/mol. The van der Waals surface area contributed by atoms with Crippen molar-refractivity contribution in [3.05, 3.63) is 29.8 Å². The molecular weight excluding hydrogens is 346 g/mol. The molecule has 25 heavy (non-hydrogen) atoms. The second-order valence-electron chi connectivity index (χ2n) is 4.88. The first-order chi connectivity index (χ1) is 11.9. The number of methoxy groups -OCH3 is 1. The molecule has 0 bridgehead atoms. The molecule has 0 heterocycles. The van der Waals surface area contributed by atoms with Crippen LogP contribution in [-0.4, -0.2) is 36.6 Å². The summed E-state index contributed by atoms with van der Waals surface area (Å²) in [5, 5.41) is 2.30. The van der Waals surface area contributed by atoms with Gasteiger partial charge in [0.05, 0.1) is 26.6 Å². The fraction of sp³-hybridized carbons (Fsp3) is 0.375. The van der Waals surface area contributed by atoms with Gasteiger partial charge >= 0.3 is 5.97 Å². The number of ether oxygens (including phenoxy) is 2. The summed E-state index contributed by atoms with van der Waals surface area (Å²) in [6, 6.07) is 7.05. The largest absolute Gasteiger partial charge is 0.497 e. The Kier molecular flexibility index (Phi) is 8.94. The van der Waals surface area contributed by atoms with E-state index in [1.807, 2.05) is 0 Å². The lowest BCUT2D eigenvalue weighted by molar-refractivity contribution is -0.144. The van der Waals surface area contributed by atoms with Gasteiger partial charge in [-0.2, -0.15) is 0 Å². The Balaban J connectivity index is 2.26.